The predicted molar refractivity (Wildman–Crippen MR) is 82.7 cm³/mol. The zero-order valence-corrected chi connectivity index (χ0v) is 12.7. The van der Waals surface area contributed by atoms with Crippen LogP contribution in [0.3, 0.4) is 0 Å². The summed E-state index contributed by atoms with van der Waals surface area (Å²) in [7, 11) is 0. The monoisotopic (exact) mass is 291 g/mol. The standard InChI is InChI=1S/C17H25NO3/c1-2-21-16-9-7-13(8-10-16)11-15(12-17(19)20)18-14-5-3-4-6-14/h7-10,14-15,18H,2-6,11-12H2,1H3,(H,19,20). The highest BCUT2D eigenvalue weighted by molar-refractivity contribution is 5.67. The molecule has 1 saturated carbocycles. The first-order valence-corrected chi connectivity index (χ1v) is 7.87. The minimum absolute atomic E-state index is 0.00328. The smallest absolute Gasteiger partial charge is 0.304 e. The first kappa shape index (κ1) is 15.8. The van der Waals surface area contributed by atoms with Gasteiger partial charge in [0.2, 0.25) is 0 Å². The van der Waals surface area contributed by atoms with E-state index in [1.54, 1.807) is 0 Å². The van der Waals surface area contributed by atoms with E-state index in [9.17, 15) is 4.79 Å². The number of carboxylic acids is 1. The average molecular weight is 291 g/mol. The summed E-state index contributed by atoms with van der Waals surface area (Å²) in [6.45, 7) is 2.62. The SMILES string of the molecule is CCOc1ccc(CC(CC(=O)O)NC2CCCC2)cc1. The molecule has 1 fully saturated rings. The molecule has 0 saturated heterocycles. The van der Waals surface area contributed by atoms with Crippen molar-refractivity contribution >= 4 is 5.97 Å². The van der Waals surface area contributed by atoms with Gasteiger partial charge in [0.1, 0.15) is 5.75 Å². The number of ether oxygens (including phenoxy) is 1. The van der Waals surface area contributed by atoms with Crippen LogP contribution in [0.15, 0.2) is 24.3 Å². The summed E-state index contributed by atoms with van der Waals surface area (Å²) in [5, 5.41) is 12.6. The molecule has 0 radical (unpaired) electrons. The molecule has 0 aliphatic heterocycles. The Hall–Kier alpha value is -1.55. The highest BCUT2D eigenvalue weighted by atomic mass is 16.5. The molecule has 1 atom stereocenters. The van der Waals surface area contributed by atoms with Crippen molar-refractivity contribution in [3.63, 3.8) is 0 Å². The lowest BCUT2D eigenvalue weighted by Gasteiger charge is -2.22. The number of carbonyl (C=O) groups is 1. The first-order valence-electron chi connectivity index (χ1n) is 7.87. The van der Waals surface area contributed by atoms with Crippen LogP contribution in [-0.4, -0.2) is 29.8 Å². The van der Waals surface area contributed by atoms with E-state index in [-0.39, 0.29) is 12.5 Å². The zero-order valence-electron chi connectivity index (χ0n) is 12.7. The lowest BCUT2D eigenvalue weighted by molar-refractivity contribution is -0.137. The number of carboxylic acid groups (broad SMARTS) is 1. The lowest BCUT2D eigenvalue weighted by Crippen LogP contribution is -2.39. The fraction of sp³-hybridized carbons (Fsp3) is 0.588. The second-order valence-electron chi connectivity index (χ2n) is 5.72. The average Bonchev–Trinajstić information content (AvgIpc) is 2.93. The van der Waals surface area contributed by atoms with E-state index in [4.69, 9.17) is 9.84 Å². The molecule has 0 bridgehead atoms. The van der Waals surface area contributed by atoms with Crippen LogP contribution in [0.25, 0.3) is 0 Å². The van der Waals surface area contributed by atoms with Crippen LogP contribution in [0.1, 0.15) is 44.6 Å². The van der Waals surface area contributed by atoms with Crippen LogP contribution in [0.4, 0.5) is 0 Å². The fourth-order valence-corrected chi connectivity index (χ4v) is 3.00. The van der Waals surface area contributed by atoms with Gasteiger partial charge in [-0.3, -0.25) is 4.79 Å². The van der Waals surface area contributed by atoms with Gasteiger partial charge in [-0.25, -0.2) is 0 Å². The molecule has 2 N–H and O–H groups in total. The second-order valence-corrected chi connectivity index (χ2v) is 5.72. The molecule has 1 aromatic rings. The molecule has 0 amide bonds. The topological polar surface area (TPSA) is 58.6 Å². The van der Waals surface area contributed by atoms with Crippen LogP contribution in [-0.2, 0) is 11.2 Å². The van der Waals surface area contributed by atoms with Gasteiger partial charge < -0.3 is 15.2 Å². The summed E-state index contributed by atoms with van der Waals surface area (Å²) in [4.78, 5) is 11.1. The summed E-state index contributed by atoms with van der Waals surface area (Å²) in [5.74, 6) is 0.122. The fourth-order valence-electron chi connectivity index (χ4n) is 3.00. The molecule has 21 heavy (non-hydrogen) atoms. The van der Waals surface area contributed by atoms with Crippen LogP contribution >= 0.6 is 0 Å². The van der Waals surface area contributed by atoms with E-state index < -0.39 is 5.97 Å². The van der Waals surface area contributed by atoms with Crippen molar-refractivity contribution in [2.75, 3.05) is 6.61 Å². The molecule has 2 rings (SSSR count). The predicted octanol–water partition coefficient (Wildman–Crippen LogP) is 3.00. The number of aliphatic carboxylic acids is 1. The summed E-state index contributed by atoms with van der Waals surface area (Å²) >= 11 is 0. The Morgan fingerprint density at radius 1 is 1.33 bits per heavy atom. The van der Waals surface area contributed by atoms with Gasteiger partial charge in [-0.15, -0.1) is 0 Å². The van der Waals surface area contributed by atoms with Gasteiger partial charge in [-0.1, -0.05) is 25.0 Å². The minimum atomic E-state index is -0.739. The van der Waals surface area contributed by atoms with E-state index >= 15 is 0 Å². The van der Waals surface area contributed by atoms with E-state index in [1.807, 2.05) is 31.2 Å². The third-order valence-corrected chi connectivity index (χ3v) is 3.96. The highest BCUT2D eigenvalue weighted by Gasteiger charge is 2.21. The Balaban J connectivity index is 1.94. The van der Waals surface area contributed by atoms with Crippen molar-refractivity contribution in [2.45, 2.75) is 57.5 Å². The molecular weight excluding hydrogens is 266 g/mol. The number of nitrogens with one attached hydrogen (secondary N) is 1. The molecule has 1 aromatic carbocycles. The van der Waals surface area contributed by atoms with Gasteiger partial charge in [-0.2, -0.15) is 0 Å². The third kappa shape index (κ3) is 5.38. The maximum atomic E-state index is 11.1. The Kier molecular flexibility index (Phi) is 6.05. The van der Waals surface area contributed by atoms with Gasteiger partial charge in [0, 0.05) is 12.1 Å². The second kappa shape index (κ2) is 8.03. The molecule has 1 aliphatic carbocycles. The summed E-state index contributed by atoms with van der Waals surface area (Å²) in [6, 6.07) is 8.44. The molecule has 1 aliphatic rings. The Labute approximate surface area is 126 Å². The van der Waals surface area contributed by atoms with Crippen LogP contribution in [0, 0.1) is 0 Å². The number of hydrogen-bond donors (Lipinski definition) is 2. The third-order valence-electron chi connectivity index (χ3n) is 3.96. The van der Waals surface area contributed by atoms with Crippen molar-refractivity contribution in [2.24, 2.45) is 0 Å². The van der Waals surface area contributed by atoms with Crippen LogP contribution in [0.2, 0.25) is 0 Å². The van der Waals surface area contributed by atoms with E-state index in [0.717, 1.165) is 17.7 Å². The van der Waals surface area contributed by atoms with Gasteiger partial charge in [-0.05, 0) is 43.9 Å². The molecule has 4 nitrogen and oxygen atoms in total. The number of hydrogen-bond acceptors (Lipinski definition) is 3. The Morgan fingerprint density at radius 3 is 2.57 bits per heavy atom. The largest absolute Gasteiger partial charge is 0.494 e. The molecular formula is C17H25NO3. The Bertz CT molecular complexity index is 438. The Morgan fingerprint density at radius 2 is 2.00 bits per heavy atom. The van der Waals surface area contributed by atoms with Crippen LogP contribution in [0.5, 0.6) is 5.75 Å². The normalized spacial score (nSPS) is 16.8. The van der Waals surface area contributed by atoms with Gasteiger partial charge in [0.05, 0.1) is 13.0 Å². The van der Waals surface area contributed by atoms with Crippen molar-refractivity contribution in [3.8, 4) is 5.75 Å². The van der Waals surface area contributed by atoms with Crippen molar-refractivity contribution < 1.29 is 14.6 Å². The number of benzene rings is 1. The molecule has 116 valence electrons. The maximum Gasteiger partial charge on any atom is 0.304 e. The maximum absolute atomic E-state index is 11.1. The molecule has 1 unspecified atom stereocenters. The zero-order chi connectivity index (χ0) is 15.1. The van der Waals surface area contributed by atoms with Crippen LogP contribution < -0.4 is 10.1 Å². The van der Waals surface area contributed by atoms with E-state index in [0.29, 0.717) is 12.6 Å². The van der Waals surface area contributed by atoms with Gasteiger partial charge in [0.15, 0.2) is 0 Å². The van der Waals surface area contributed by atoms with Crippen molar-refractivity contribution in [3.05, 3.63) is 29.8 Å². The summed E-state index contributed by atoms with van der Waals surface area (Å²) in [5.41, 5.74) is 1.15. The minimum Gasteiger partial charge on any atom is -0.494 e. The summed E-state index contributed by atoms with van der Waals surface area (Å²) < 4.78 is 5.43. The van der Waals surface area contributed by atoms with Gasteiger partial charge in [0.25, 0.3) is 0 Å². The highest BCUT2D eigenvalue weighted by Crippen LogP contribution is 2.20. The first-order chi connectivity index (χ1) is 10.2. The number of rotatable bonds is 8. The molecule has 4 heteroatoms. The van der Waals surface area contributed by atoms with E-state index in [2.05, 4.69) is 5.32 Å². The van der Waals surface area contributed by atoms with Crippen molar-refractivity contribution in [1.29, 1.82) is 0 Å². The molecule has 0 spiro atoms. The van der Waals surface area contributed by atoms with E-state index in [1.165, 1.54) is 25.7 Å². The molecule has 0 heterocycles. The molecule has 0 aromatic heterocycles. The summed E-state index contributed by atoms with van der Waals surface area (Å²) in [6.07, 6.45) is 5.75. The van der Waals surface area contributed by atoms with Crippen molar-refractivity contribution in [1.82, 2.24) is 5.32 Å². The quantitative estimate of drug-likeness (QED) is 0.773. The lowest BCUT2D eigenvalue weighted by atomic mass is 10.0. The van der Waals surface area contributed by atoms with Gasteiger partial charge >= 0.3 is 5.97 Å².